The van der Waals surface area contributed by atoms with Gasteiger partial charge in [0.25, 0.3) is 0 Å². The van der Waals surface area contributed by atoms with E-state index in [9.17, 15) is 0 Å². The highest BCUT2D eigenvalue weighted by molar-refractivity contribution is 7.75. The zero-order chi connectivity index (χ0) is 75.6. The van der Waals surface area contributed by atoms with Crippen LogP contribution in [0.5, 0.6) is 0 Å². The first kappa shape index (κ1) is 91.1. The Morgan fingerprint density at radius 3 is 0.788 bits per heavy atom. The van der Waals surface area contributed by atoms with E-state index in [1.807, 2.05) is 0 Å². The van der Waals surface area contributed by atoms with Gasteiger partial charge in [-0.2, -0.15) is 0 Å². The molecular formula is C93H152P6. The second-order valence-corrected chi connectivity index (χ2v) is 58.2. The van der Waals surface area contributed by atoms with E-state index < -0.39 is 7.92 Å². The summed E-state index contributed by atoms with van der Waals surface area (Å²) in [4.78, 5) is 0. The van der Waals surface area contributed by atoms with Gasteiger partial charge in [0.1, 0.15) is 0 Å². The molecule has 0 heterocycles. The van der Waals surface area contributed by atoms with Crippen LogP contribution in [-0.4, -0.2) is 64.4 Å². The van der Waals surface area contributed by atoms with Crippen LogP contribution in [0.25, 0.3) is 0 Å². The molecule has 2 aliphatic carbocycles. The van der Waals surface area contributed by atoms with Crippen molar-refractivity contribution in [1.29, 1.82) is 0 Å². The SMILES string of the molecule is CC(C)(C)P(C(C)(C)C)C(C)(C)C.CC(C)(C)P(C1CCCCC1)C1CCCCC1.CC(C)(C)P(c1ccccc1)c1ccccc1.CC(C)P(C(C)C)C(C)(C)C.Cc1cc(C)c(P(c2c(C)cc(C)cc2C)C(C)(C)C)c(C)c1.Cc1ccccc1P(c1ccccc1C)C(C)C. The zero-order valence-electron chi connectivity index (χ0n) is 70.8. The highest BCUT2D eigenvalue weighted by Gasteiger charge is 2.42. The third-order valence-electron chi connectivity index (χ3n) is 19.0. The van der Waals surface area contributed by atoms with Gasteiger partial charge in [-0.15, -0.1) is 0 Å². The number of hydrogen-bond acceptors (Lipinski definition) is 0. The first-order valence-corrected chi connectivity index (χ1v) is 47.0. The van der Waals surface area contributed by atoms with Gasteiger partial charge in [0, 0.05) is 0 Å². The van der Waals surface area contributed by atoms with Crippen molar-refractivity contribution in [1.82, 2.24) is 0 Å². The minimum Gasteiger partial charge on any atom is -0.0959 e. The van der Waals surface area contributed by atoms with Crippen molar-refractivity contribution in [2.45, 2.75) is 371 Å². The third-order valence-corrected chi connectivity index (χ3v) is 40.6. The molecule has 0 spiro atoms. The van der Waals surface area contributed by atoms with Gasteiger partial charge in [-0.25, -0.2) is 0 Å². The molecule has 0 bridgehead atoms. The monoisotopic (exact) mass is 1460 g/mol. The minimum atomic E-state index is -0.400. The maximum Gasteiger partial charge on any atom is -0.00988 e. The van der Waals surface area contributed by atoms with Gasteiger partial charge in [-0.05, 0) is 234 Å². The van der Waals surface area contributed by atoms with E-state index in [1.54, 1.807) is 36.3 Å². The van der Waals surface area contributed by atoms with Crippen molar-refractivity contribution in [3.63, 3.8) is 0 Å². The third kappa shape index (κ3) is 29.3. The molecule has 0 unspecified atom stereocenters. The van der Waals surface area contributed by atoms with Gasteiger partial charge in [0.15, 0.2) is 0 Å². The molecule has 8 rings (SSSR count). The second kappa shape index (κ2) is 40.0. The first-order chi connectivity index (χ1) is 45.4. The summed E-state index contributed by atoms with van der Waals surface area (Å²) in [6.07, 6.45) is 15.3. The molecule has 0 aliphatic heterocycles. The minimum absolute atomic E-state index is 0.0162. The van der Waals surface area contributed by atoms with Crippen molar-refractivity contribution in [2.75, 3.05) is 0 Å². The molecule has 0 N–H and O–H groups in total. The molecule has 0 nitrogen and oxygen atoms in total. The fraction of sp³-hybridized carbons (Fsp3) is 0.613. The second-order valence-electron chi connectivity index (χ2n) is 37.0. The van der Waals surface area contributed by atoms with E-state index >= 15 is 0 Å². The van der Waals surface area contributed by atoms with Crippen molar-refractivity contribution >= 4 is 79.4 Å². The van der Waals surface area contributed by atoms with E-state index in [0.717, 1.165) is 22.6 Å². The van der Waals surface area contributed by atoms with E-state index in [0.29, 0.717) is 31.4 Å². The average molecular weight is 1460 g/mol. The Balaban J connectivity index is 0.000000314. The summed E-state index contributed by atoms with van der Waals surface area (Å²) in [5.41, 5.74) is 16.0. The molecular weight excluding hydrogens is 1300 g/mol. The molecule has 2 fully saturated rings. The topological polar surface area (TPSA) is 0 Å². The lowest BCUT2D eigenvalue weighted by atomic mass is 9.99. The molecule has 6 heteroatoms. The molecule has 0 atom stereocenters. The molecule has 0 radical (unpaired) electrons. The number of benzene rings is 6. The lowest BCUT2D eigenvalue weighted by Gasteiger charge is -2.49. The number of aryl methyl sites for hydroxylation is 8. The predicted octanol–water partition coefficient (Wildman–Crippen LogP) is 28.7. The highest BCUT2D eigenvalue weighted by atomic mass is 31.1. The average Bonchev–Trinajstić information content (AvgIpc) is 0.770. The summed E-state index contributed by atoms with van der Waals surface area (Å²) >= 11 is 0. The van der Waals surface area contributed by atoms with Gasteiger partial charge in [0.05, 0.1) is 0 Å². The first-order valence-electron chi connectivity index (χ1n) is 38.6. The Labute approximate surface area is 624 Å². The van der Waals surface area contributed by atoms with Gasteiger partial charge in [0.2, 0.25) is 0 Å². The Morgan fingerprint density at radius 2 is 0.576 bits per heavy atom. The van der Waals surface area contributed by atoms with E-state index in [2.05, 4.69) is 376 Å². The normalized spacial score (nSPS) is 14.7. The summed E-state index contributed by atoms with van der Waals surface area (Å²) in [5, 5.41) is 12.1. The quantitative estimate of drug-likeness (QED) is 0.113. The van der Waals surface area contributed by atoms with Crippen LogP contribution < -0.4 is 31.8 Å². The van der Waals surface area contributed by atoms with E-state index in [4.69, 9.17) is 0 Å². The van der Waals surface area contributed by atoms with E-state index in [-0.39, 0.29) is 49.9 Å². The highest BCUT2D eigenvalue weighted by Crippen LogP contribution is 2.67. The number of hydrogen-bond donors (Lipinski definition) is 0. The Hall–Kier alpha value is -2.10. The summed E-state index contributed by atoms with van der Waals surface area (Å²) in [6.45, 7) is 82.5. The van der Waals surface area contributed by atoms with Crippen LogP contribution in [0.4, 0.5) is 0 Å². The summed E-state index contributed by atoms with van der Waals surface area (Å²) in [7, 11) is -0.485. The Morgan fingerprint density at radius 1 is 0.293 bits per heavy atom. The predicted molar refractivity (Wildman–Crippen MR) is 473 cm³/mol. The Bertz CT molecular complexity index is 3020. The van der Waals surface area contributed by atoms with Crippen molar-refractivity contribution in [3.8, 4) is 0 Å². The zero-order valence-corrected chi connectivity index (χ0v) is 76.2. The largest absolute Gasteiger partial charge is 0.0959 e. The Kier molecular flexibility index (Phi) is 36.8. The lowest BCUT2D eigenvalue weighted by Crippen LogP contribution is -2.34. The van der Waals surface area contributed by atoms with Gasteiger partial charge in [-0.3, -0.25) is 0 Å². The van der Waals surface area contributed by atoms with Crippen molar-refractivity contribution in [3.05, 3.63) is 178 Å². The van der Waals surface area contributed by atoms with Crippen LogP contribution in [-0.2, 0) is 0 Å². The summed E-state index contributed by atoms with van der Waals surface area (Å²) in [6, 6.07) is 48.8. The standard InChI is InChI=1S/C22H31P.C17H21P.C16H31P.C16H19P.C12H27P.C10H23P/c1-14-10-16(3)20(17(4)11-14)23(22(7,8)9)21-18(5)12-15(2)13-19(21)6;1-13(2)18(16-11-7-5-9-14(16)3)17-12-8-6-10-15(17)4;2*1-16(2,3)17(14-10-6-4-7-11-14)15-12-8-5-9-13-15;1-10(2,3)13(11(4,5)6)12(7,8)9;1-8(2)11(9(3)4)10(5,6)7/h10-13H,1-9H3;5-13H,1-4H3;14-15H,4-13H2,1-3H3;4-13H,1-3H3;1-9H3;8-9H,1-7H3. The lowest BCUT2D eigenvalue weighted by molar-refractivity contribution is 0.475. The van der Waals surface area contributed by atoms with E-state index in [1.165, 1.54) is 104 Å². The van der Waals surface area contributed by atoms with Crippen LogP contribution in [0.1, 0.15) is 296 Å². The maximum atomic E-state index is 2.53. The fourth-order valence-corrected chi connectivity index (χ4v) is 41.3. The van der Waals surface area contributed by atoms with Gasteiger partial charge < -0.3 is 0 Å². The molecule has 2 saturated carbocycles. The van der Waals surface area contributed by atoms with Crippen LogP contribution in [0.3, 0.4) is 0 Å². The fourth-order valence-electron chi connectivity index (χ4n) is 17.5. The molecule has 99 heavy (non-hydrogen) atoms. The molecule has 0 saturated heterocycles. The molecule has 0 amide bonds. The molecule has 0 aromatic heterocycles. The van der Waals surface area contributed by atoms with Crippen LogP contribution in [0.15, 0.2) is 133 Å². The van der Waals surface area contributed by atoms with Gasteiger partial charge in [-0.1, -0.05) is 394 Å². The molecule has 554 valence electrons. The molecule has 6 aromatic carbocycles. The molecule has 2 aliphatic rings. The van der Waals surface area contributed by atoms with Crippen LogP contribution in [0.2, 0.25) is 0 Å². The summed E-state index contributed by atoms with van der Waals surface area (Å²) in [5.74, 6) is 0. The van der Waals surface area contributed by atoms with Crippen LogP contribution in [0, 0.1) is 55.4 Å². The van der Waals surface area contributed by atoms with Gasteiger partial charge >= 0.3 is 0 Å². The number of rotatable bonds is 11. The molecule has 6 aromatic rings. The summed E-state index contributed by atoms with van der Waals surface area (Å²) < 4.78 is 0. The van der Waals surface area contributed by atoms with Crippen molar-refractivity contribution in [2.24, 2.45) is 0 Å². The smallest absolute Gasteiger partial charge is 0.00988 e. The maximum absolute atomic E-state index is 2.53. The van der Waals surface area contributed by atoms with Crippen molar-refractivity contribution < 1.29 is 0 Å². The van der Waals surface area contributed by atoms with Crippen LogP contribution >= 0.6 is 47.5 Å².